The second kappa shape index (κ2) is 4.37. The first-order valence-electron chi connectivity index (χ1n) is 5.00. The Morgan fingerprint density at radius 3 is 2.93 bits per heavy atom. The predicted octanol–water partition coefficient (Wildman–Crippen LogP) is 1.30. The molecular formula is C10H15N3O. The van der Waals surface area contributed by atoms with E-state index in [0.717, 1.165) is 18.7 Å². The summed E-state index contributed by atoms with van der Waals surface area (Å²) in [6.45, 7) is 1.06. The maximum absolute atomic E-state index is 5.18. The fourth-order valence-electron chi connectivity index (χ4n) is 1.82. The third kappa shape index (κ3) is 1.85. The molecule has 0 amide bonds. The van der Waals surface area contributed by atoms with E-state index in [1.54, 1.807) is 19.5 Å². The first-order chi connectivity index (χ1) is 6.92. The van der Waals surface area contributed by atoms with Gasteiger partial charge in [0.1, 0.15) is 5.69 Å². The highest BCUT2D eigenvalue weighted by molar-refractivity contribution is 5.21. The number of rotatable bonds is 2. The van der Waals surface area contributed by atoms with Gasteiger partial charge in [0.2, 0.25) is 5.88 Å². The molecule has 2 rings (SSSR count). The van der Waals surface area contributed by atoms with Crippen molar-refractivity contribution in [2.24, 2.45) is 0 Å². The van der Waals surface area contributed by atoms with Gasteiger partial charge in [0.15, 0.2) is 0 Å². The van der Waals surface area contributed by atoms with E-state index in [1.165, 1.54) is 12.8 Å². The molecule has 14 heavy (non-hydrogen) atoms. The zero-order chi connectivity index (χ0) is 9.80. The van der Waals surface area contributed by atoms with Crippen molar-refractivity contribution in [1.82, 2.24) is 15.3 Å². The van der Waals surface area contributed by atoms with E-state index in [0.29, 0.717) is 11.9 Å². The number of hydrogen-bond donors (Lipinski definition) is 1. The van der Waals surface area contributed by atoms with Crippen molar-refractivity contribution in [2.45, 2.75) is 25.3 Å². The molecule has 1 aromatic heterocycles. The average Bonchev–Trinajstić information content (AvgIpc) is 2.30. The van der Waals surface area contributed by atoms with Crippen LogP contribution in [-0.2, 0) is 0 Å². The predicted molar refractivity (Wildman–Crippen MR) is 53.2 cm³/mol. The lowest BCUT2D eigenvalue weighted by molar-refractivity contribution is 0.355. The maximum Gasteiger partial charge on any atom is 0.236 e. The van der Waals surface area contributed by atoms with Gasteiger partial charge in [-0.2, -0.15) is 0 Å². The number of ether oxygens (including phenoxy) is 1. The second-order valence-electron chi connectivity index (χ2n) is 3.45. The third-order valence-electron chi connectivity index (χ3n) is 2.52. The molecule has 4 nitrogen and oxygen atoms in total. The number of aromatic nitrogens is 2. The smallest absolute Gasteiger partial charge is 0.236 e. The summed E-state index contributed by atoms with van der Waals surface area (Å²) in [6.07, 6.45) is 6.99. The fourth-order valence-corrected chi connectivity index (χ4v) is 1.82. The van der Waals surface area contributed by atoms with Crippen molar-refractivity contribution in [3.8, 4) is 5.88 Å². The van der Waals surface area contributed by atoms with Crippen LogP contribution >= 0.6 is 0 Å². The Labute approximate surface area is 83.7 Å². The summed E-state index contributed by atoms with van der Waals surface area (Å²) in [5.41, 5.74) is 0.940. The van der Waals surface area contributed by atoms with Crippen LogP contribution in [0, 0.1) is 0 Å². The molecule has 76 valence electrons. The summed E-state index contributed by atoms with van der Waals surface area (Å²) >= 11 is 0. The lowest BCUT2D eigenvalue weighted by Crippen LogP contribution is -2.28. The van der Waals surface area contributed by atoms with Gasteiger partial charge in [0, 0.05) is 12.4 Å². The van der Waals surface area contributed by atoms with E-state index in [-0.39, 0.29) is 0 Å². The summed E-state index contributed by atoms with van der Waals surface area (Å²) < 4.78 is 5.18. The van der Waals surface area contributed by atoms with Crippen LogP contribution in [0.2, 0.25) is 0 Å². The molecule has 1 N–H and O–H groups in total. The van der Waals surface area contributed by atoms with Crippen LogP contribution in [0.1, 0.15) is 31.0 Å². The summed E-state index contributed by atoms with van der Waals surface area (Å²) in [6, 6.07) is 0.312. The molecule has 0 aromatic carbocycles. The molecule has 1 aromatic rings. The van der Waals surface area contributed by atoms with Crippen molar-refractivity contribution in [1.29, 1.82) is 0 Å². The Morgan fingerprint density at radius 2 is 2.21 bits per heavy atom. The first-order valence-corrected chi connectivity index (χ1v) is 5.00. The normalized spacial score (nSPS) is 21.9. The second-order valence-corrected chi connectivity index (χ2v) is 3.45. The van der Waals surface area contributed by atoms with Crippen LogP contribution in [0.4, 0.5) is 0 Å². The van der Waals surface area contributed by atoms with Gasteiger partial charge in [-0.05, 0) is 19.4 Å². The molecule has 0 saturated carbocycles. The summed E-state index contributed by atoms with van der Waals surface area (Å²) in [5.74, 6) is 0.645. The quantitative estimate of drug-likeness (QED) is 0.769. The lowest BCUT2D eigenvalue weighted by atomic mass is 10.0. The van der Waals surface area contributed by atoms with Gasteiger partial charge in [0.05, 0.1) is 13.2 Å². The molecule has 0 radical (unpaired) electrons. The van der Waals surface area contributed by atoms with Crippen LogP contribution in [0.15, 0.2) is 12.4 Å². The molecule has 1 atom stereocenters. The molecule has 2 heterocycles. The number of hydrogen-bond acceptors (Lipinski definition) is 4. The highest BCUT2D eigenvalue weighted by Gasteiger charge is 2.20. The van der Waals surface area contributed by atoms with Crippen molar-refractivity contribution >= 4 is 0 Å². The first kappa shape index (κ1) is 9.40. The maximum atomic E-state index is 5.18. The monoisotopic (exact) mass is 193 g/mol. The van der Waals surface area contributed by atoms with Gasteiger partial charge in [-0.1, -0.05) is 6.42 Å². The zero-order valence-electron chi connectivity index (χ0n) is 8.36. The Hall–Kier alpha value is -1.16. The molecule has 1 aliphatic heterocycles. The molecule has 0 aliphatic carbocycles. The third-order valence-corrected chi connectivity index (χ3v) is 2.52. The molecule has 4 heteroatoms. The number of piperidine rings is 1. The van der Waals surface area contributed by atoms with Crippen LogP contribution in [-0.4, -0.2) is 23.6 Å². The van der Waals surface area contributed by atoms with E-state index < -0.39 is 0 Å². The minimum atomic E-state index is 0.312. The molecule has 0 spiro atoms. The van der Waals surface area contributed by atoms with Gasteiger partial charge in [0.25, 0.3) is 0 Å². The molecule has 1 saturated heterocycles. The van der Waals surface area contributed by atoms with E-state index in [9.17, 15) is 0 Å². The van der Waals surface area contributed by atoms with Crippen LogP contribution in [0.3, 0.4) is 0 Å². The highest BCUT2D eigenvalue weighted by atomic mass is 16.5. The van der Waals surface area contributed by atoms with E-state index in [1.807, 2.05) is 0 Å². The summed E-state index contributed by atoms with van der Waals surface area (Å²) in [4.78, 5) is 8.47. The highest BCUT2D eigenvalue weighted by Crippen LogP contribution is 2.26. The topological polar surface area (TPSA) is 47.0 Å². The minimum absolute atomic E-state index is 0.312. The van der Waals surface area contributed by atoms with Crippen molar-refractivity contribution in [3.63, 3.8) is 0 Å². The average molecular weight is 193 g/mol. The summed E-state index contributed by atoms with van der Waals surface area (Å²) in [5, 5.41) is 3.43. The number of nitrogens with zero attached hydrogens (tertiary/aromatic N) is 2. The van der Waals surface area contributed by atoms with Crippen molar-refractivity contribution in [3.05, 3.63) is 18.1 Å². The molecule has 1 aliphatic rings. The lowest BCUT2D eigenvalue weighted by Gasteiger charge is -2.23. The van der Waals surface area contributed by atoms with E-state index >= 15 is 0 Å². The fraction of sp³-hybridized carbons (Fsp3) is 0.600. The zero-order valence-corrected chi connectivity index (χ0v) is 8.36. The van der Waals surface area contributed by atoms with Gasteiger partial charge in [-0.25, -0.2) is 4.98 Å². The molecule has 0 bridgehead atoms. The SMILES string of the molecule is COc1nccnc1C1CCCCN1. The standard InChI is InChI=1S/C10H15N3O/c1-14-10-9(12-6-7-13-10)8-4-2-3-5-11-8/h6-8,11H,2-5H2,1H3. The Bertz CT molecular complexity index is 297. The largest absolute Gasteiger partial charge is 0.480 e. The Kier molecular flexibility index (Phi) is 2.93. The molecule has 1 fully saturated rings. The molecular weight excluding hydrogens is 178 g/mol. The van der Waals surface area contributed by atoms with Crippen LogP contribution in [0.5, 0.6) is 5.88 Å². The van der Waals surface area contributed by atoms with Gasteiger partial charge < -0.3 is 10.1 Å². The molecule has 1 unspecified atom stereocenters. The number of nitrogens with one attached hydrogen (secondary N) is 1. The summed E-state index contributed by atoms with van der Waals surface area (Å²) in [7, 11) is 1.64. The van der Waals surface area contributed by atoms with E-state index in [2.05, 4.69) is 15.3 Å². The van der Waals surface area contributed by atoms with Crippen molar-refractivity contribution < 1.29 is 4.74 Å². The van der Waals surface area contributed by atoms with Gasteiger partial charge in [-0.15, -0.1) is 0 Å². The van der Waals surface area contributed by atoms with Crippen LogP contribution < -0.4 is 10.1 Å². The van der Waals surface area contributed by atoms with Crippen molar-refractivity contribution in [2.75, 3.05) is 13.7 Å². The van der Waals surface area contributed by atoms with Crippen LogP contribution in [0.25, 0.3) is 0 Å². The Morgan fingerprint density at radius 1 is 1.36 bits per heavy atom. The van der Waals surface area contributed by atoms with Gasteiger partial charge >= 0.3 is 0 Å². The van der Waals surface area contributed by atoms with Gasteiger partial charge in [-0.3, -0.25) is 4.98 Å². The number of methoxy groups -OCH3 is 1. The Balaban J connectivity index is 2.20. The minimum Gasteiger partial charge on any atom is -0.480 e. The van der Waals surface area contributed by atoms with E-state index in [4.69, 9.17) is 4.74 Å².